The van der Waals surface area contributed by atoms with Crippen molar-refractivity contribution >= 4 is 94.0 Å². The molecule has 6 heterocycles. The number of β-lactam (4-membered cyclic amide) rings is 2. The number of hydrogen-bond donors (Lipinski definition) is 6. The molecule has 0 radical (unpaired) electrons. The van der Waals surface area contributed by atoms with Gasteiger partial charge in [-0.25, -0.2) is 19.6 Å². The summed E-state index contributed by atoms with van der Waals surface area (Å²) in [4.78, 5) is 85.5. The van der Waals surface area contributed by atoms with Crippen molar-refractivity contribution in [2.24, 2.45) is 14.1 Å². The van der Waals surface area contributed by atoms with E-state index in [0.717, 1.165) is 16.0 Å². The summed E-state index contributed by atoms with van der Waals surface area (Å²) < 4.78 is 3.79. The van der Waals surface area contributed by atoms with Gasteiger partial charge >= 0.3 is 11.9 Å². The van der Waals surface area contributed by atoms with E-state index < -0.39 is 46.6 Å². The summed E-state index contributed by atoms with van der Waals surface area (Å²) in [5, 5.41) is 25.7. The van der Waals surface area contributed by atoms with Crippen molar-refractivity contribution < 1.29 is 39.0 Å². The van der Waals surface area contributed by atoms with E-state index in [1.54, 1.807) is 60.9 Å². The third-order valence-corrected chi connectivity index (χ3v) is 15.6. The quantitative estimate of drug-likeness (QED) is 0.0603. The highest BCUT2D eigenvalue weighted by atomic mass is 32.2. The molecule has 4 aliphatic rings. The van der Waals surface area contributed by atoms with Crippen molar-refractivity contribution in [2.75, 3.05) is 34.5 Å². The Hall–Kier alpha value is -5.84. The van der Waals surface area contributed by atoms with Gasteiger partial charge in [-0.1, -0.05) is 59.9 Å². The summed E-state index contributed by atoms with van der Waals surface area (Å²) in [6.07, 6.45) is 5.36. The van der Waals surface area contributed by atoms with Crippen LogP contribution in [0.5, 0.6) is 0 Å². The minimum absolute atomic E-state index is 0.00765. The number of para-hydroxylation sites is 2. The van der Waals surface area contributed by atoms with E-state index in [4.69, 9.17) is 11.5 Å². The van der Waals surface area contributed by atoms with Gasteiger partial charge in [0.1, 0.15) is 34.2 Å². The Balaban J connectivity index is 0.000000189. The number of anilines is 2. The number of aryl methyl sites for hydroxylation is 2. The van der Waals surface area contributed by atoms with Crippen LogP contribution in [0.3, 0.4) is 0 Å². The average Bonchev–Trinajstić information content (AvgIpc) is 3.83. The maximum Gasteiger partial charge on any atom is 0.352 e. The standard InChI is InChI=1S/C21H23N5O4S2.C20H21N5O4S2/c1-11-8-23-21(25(11)2)32-10-13-9-31-19-16(18(28)26(19)17(13)20(29)30)24-15(27)7-12-5-3-4-6-14(12)22;1-24-7-6-22-20(24)31-10-12-9-30-18-15(17(27)25(18)16(12)19(28)29)23-14(26)8-11-4-2-3-5-13(11)21/h3-6,8,16,19H,7,9-10,22H2,1-2H3,(H,24,27)(H,29,30);2-7,15,18H,8-10,21H2,1H3,(H,23,26)(H,28,29)/t16?,19-;15?,18-/m11/s1. The number of aromatic nitrogens is 4. The zero-order chi connectivity index (χ0) is 45.1. The molecule has 4 atom stereocenters. The van der Waals surface area contributed by atoms with Crippen molar-refractivity contribution in [1.82, 2.24) is 39.5 Å². The van der Waals surface area contributed by atoms with Gasteiger partial charge in [0.25, 0.3) is 11.8 Å². The summed E-state index contributed by atoms with van der Waals surface area (Å²) in [6.45, 7) is 1.94. The summed E-state index contributed by atoms with van der Waals surface area (Å²) >= 11 is 5.76. The zero-order valence-electron chi connectivity index (χ0n) is 34.2. The minimum Gasteiger partial charge on any atom is -0.477 e. The number of aliphatic carboxylic acids is 2. The van der Waals surface area contributed by atoms with E-state index in [9.17, 15) is 39.0 Å². The van der Waals surface area contributed by atoms with Gasteiger partial charge < -0.3 is 41.4 Å². The molecule has 18 nitrogen and oxygen atoms in total. The van der Waals surface area contributed by atoms with Gasteiger partial charge in [0.2, 0.25) is 11.8 Å². The second-order valence-corrected chi connectivity index (χ2v) is 18.9. The first-order chi connectivity index (χ1) is 30.1. The van der Waals surface area contributed by atoms with Gasteiger partial charge in [-0.15, -0.1) is 23.5 Å². The smallest absolute Gasteiger partial charge is 0.352 e. The predicted octanol–water partition coefficient (Wildman–Crippen LogP) is 2.46. The number of thioether (sulfide) groups is 4. The number of hydrogen-bond acceptors (Lipinski definition) is 14. The Bertz CT molecular complexity index is 2560. The minimum atomic E-state index is -1.14. The number of amides is 4. The molecule has 2 unspecified atom stereocenters. The van der Waals surface area contributed by atoms with E-state index in [2.05, 4.69) is 20.6 Å². The fourth-order valence-electron chi connectivity index (χ4n) is 7.18. The number of benzene rings is 2. The second kappa shape index (κ2) is 19.3. The predicted molar refractivity (Wildman–Crippen MR) is 241 cm³/mol. The molecule has 2 saturated heterocycles. The third kappa shape index (κ3) is 9.58. The van der Waals surface area contributed by atoms with Gasteiger partial charge in [0.15, 0.2) is 10.3 Å². The van der Waals surface area contributed by atoms with Crippen LogP contribution in [0.1, 0.15) is 16.8 Å². The normalized spacial score (nSPS) is 20.2. The molecule has 2 fully saturated rings. The van der Waals surface area contributed by atoms with Gasteiger partial charge in [0.05, 0.1) is 12.8 Å². The number of carboxylic acids is 2. The first-order valence-electron chi connectivity index (χ1n) is 19.4. The Labute approximate surface area is 378 Å². The Morgan fingerprint density at radius 3 is 1.60 bits per heavy atom. The average molecular weight is 933 g/mol. The molecular weight excluding hydrogens is 889 g/mol. The van der Waals surface area contributed by atoms with Crippen LogP contribution in [-0.4, -0.2) is 121 Å². The van der Waals surface area contributed by atoms with Crippen LogP contribution in [0.4, 0.5) is 11.4 Å². The Morgan fingerprint density at radius 1 is 0.746 bits per heavy atom. The lowest BCUT2D eigenvalue weighted by molar-refractivity contribution is -0.150. The monoisotopic (exact) mass is 932 g/mol. The van der Waals surface area contributed by atoms with Crippen LogP contribution in [0.2, 0.25) is 0 Å². The maximum atomic E-state index is 12.8. The van der Waals surface area contributed by atoms with E-state index >= 15 is 0 Å². The molecule has 8 N–H and O–H groups in total. The number of carboxylic acid groups (broad SMARTS) is 2. The number of nitrogen functional groups attached to an aromatic ring is 2. The molecule has 2 aromatic heterocycles. The molecule has 330 valence electrons. The SMILES string of the molecule is Cc1cnc(SCC2=C(C(=O)O)N3C(=O)C(NC(=O)Cc4ccccc4N)[C@H]3SC2)n1C.Cn1ccnc1SCC1=C(C(=O)O)N2C(=O)C(NC(=O)Cc3ccccc3N)[C@H]2SC1. The summed E-state index contributed by atoms with van der Waals surface area (Å²) in [5.74, 6) is -2.00. The molecule has 63 heavy (non-hydrogen) atoms. The van der Waals surface area contributed by atoms with E-state index in [1.165, 1.54) is 56.8 Å². The summed E-state index contributed by atoms with van der Waals surface area (Å²) in [6, 6.07) is 12.6. The van der Waals surface area contributed by atoms with Crippen molar-refractivity contribution in [1.29, 1.82) is 0 Å². The largest absolute Gasteiger partial charge is 0.477 e. The molecule has 0 spiro atoms. The van der Waals surface area contributed by atoms with Crippen LogP contribution in [0.25, 0.3) is 0 Å². The molecule has 0 aliphatic carbocycles. The van der Waals surface area contributed by atoms with Gasteiger partial charge in [-0.05, 0) is 41.3 Å². The van der Waals surface area contributed by atoms with Crippen LogP contribution in [-0.2, 0) is 55.7 Å². The van der Waals surface area contributed by atoms with Gasteiger partial charge in [-0.2, -0.15) is 0 Å². The second-order valence-electron chi connectivity index (χ2n) is 14.8. The lowest BCUT2D eigenvalue weighted by Crippen LogP contribution is -2.70. The molecule has 22 heteroatoms. The number of imidazole rings is 2. The highest BCUT2D eigenvalue weighted by Crippen LogP contribution is 2.43. The lowest BCUT2D eigenvalue weighted by atomic mass is 10.0. The number of fused-ring (bicyclic) bond motifs is 2. The van der Waals surface area contributed by atoms with E-state index in [-0.39, 0.29) is 36.1 Å². The topological polar surface area (TPSA) is 261 Å². The van der Waals surface area contributed by atoms with E-state index in [0.29, 0.717) is 56.7 Å². The highest BCUT2D eigenvalue weighted by molar-refractivity contribution is 8.01. The van der Waals surface area contributed by atoms with Crippen molar-refractivity contribution in [2.45, 2.75) is 52.9 Å². The van der Waals surface area contributed by atoms with Gasteiger partial charge in [-0.3, -0.25) is 29.0 Å². The van der Waals surface area contributed by atoms with E-state index in [1.807, 2.05) is 36.4 Å². The third-order valence-electron chi connectivity index (χ3n) is 10.7. The van der Waals surface area contributed by atoms with Crippen LogP contribution >= 0.6 is 47.0 Å². The molecule has 4 amide bonds. The van der Waals surface area contributed by atoms with Crippen LogP contribution < -0.4 is 22.1 Å². The lowest BCUT2D eigenvalue weighted by Gasteiger charge is -2.49. The van der Waals surface area contributed by atoms with Crippen molar-refractivity contribution in [3.05, 3.63) is 106 Å². The molecular formula is C41H44N10O8S4. The summed E-state index contributed by atoms with van der Waals surface area (Å²) in [5.41, 5.74) is 16.5. The number of rotatable bonds is 14. The zero-order valence-corrected chi connectivity index (χ0v) is 37.5. The number of carbonyl (C=O) groups excluding carboxylic acids is 4. The number of nitrogens with one attached hydrogen (secondary N) is 2. The molecule has 0 bridgehead atoms. The van der Waals surface area contributed by atoms with Crippen molar-refractivity contribution in [3.63, 3.8) is 0 Å². The fourth-order valence-corrected chi connectivity index (χ4v) is 12.1. The Morgan fingerprint density at radius 2 is 1.21 bits per heavy atom. The summed E-state index contributed by atoms with van der Waals surface area (Å²) in [7, 11) is 3.76. The first-order valence-corrected chi connectivity index (χ1v) is 23.5. The van der Waals surface area contributed by atoms with Crippen LogP contribution in [0.15, 0.2) is 100.0 Å². The molecule has 8 rings (SSSR count). The molecule has 4 aliphatic heterocycles. The fraction of sp³-hybridized carbons (Fsp3) is 0.317. The van der Waals surface area contributed by atoms with Crippen LogP contribution in [0, 0.1) is 6.92 Å². The highest BCUT2D eigenvalue weighted by Gasteiger charge is 2.55. The Kier molecular flexibility index (Phi) is 13.8. The van der Waals surface area contributed by atoms with Gasteiger partial charge in [0, 0.05) is 72.8 Å². The maximum absolute atomic E-state index is 12.8. The number of carbonyl (C=O) groups is 6. The van der Waals surface area contributed by atoms with Crippen molar-refractivity contribution in [3.8, 4) is 0 Å². The number of nitrogens with two attached hydrogens (primary N) is 2. The molecule has 2 aromatic carbocycles. The molecule has 0 saturated carbocycles. The molecule has 4 aromatic rings. The number of nitrogens with zero attached hydrogens (tertiary/aromatic N) is 6. The first kappa shape index (κ1) is 45.2.